The molecule has 118 valence electrons. The molecule has 2 aromatic carbocycles. The second kappa shape index (κ2) is 4.07. The summed E-state index contributed by atoms with van der Waals surface area (Å²) in [7, 11) is 0. The van der Waals surface area contributed by atoms with Crippen LogP contribution in [0.15, 0.2) is 48.5 Å². The van der Waals surface area contributed by atoms with Crippen LogP contribution in [-0.4, -0.2) is 46.8 Å². The van der Waals surface area contributed by atoms with Gasteiger partial charge in [0.25, 0.3) is 11.8 Å². The van der Waals surface area contributed by atoms with Gasteiger partial charge in [-0.25, -0.2) is 0 Å². The summed E-state index contributed by atoms with van der Waals surface area (Å²) >= 11 is 0. The molecular formula is C20H16N2O2. The molecule has 0 N–H and O–H groups in total. The molecule has 0 radical (unpaired) electrons. The molecule has 2 aromatic rings. The summed E-state index contributed by atoms with van der Waals surface area (Å²) in [6.07, 6.45) is 0. The number of hydrogen-bond acceptors (Lipinski definition) is 2. The van der Waals surface area contributed by atoms with Crippen LogP contribution in [-0.2, 0) is 0 Å². The Hall–Kier alpha value is -2.62. The van der Waals surface area contributed by atoms with Gasteiger partial charge >= 0.3 is 0 Å². The Morgan fingerprint density at radius 1 is 0.667 bits per heavy atom. The van der Waals surface area contributed by atoms with E-state index in [4.69, 9.17) is 0 Å². The lowest BCUT2D eigenvalue weighted by molar-refractivity contribution is -0.0571. The first-order valence-electron chi connectivity index (χ1n) is 8.57. The Morgan fingerprint density at radius 2 is 1.08 bits per heavy atom. The number of hydrogen-bond donors (Lipinski definition) is 0. The molecule has 2 fully saturated rings. The standard InChI is InChI=1S/C20H16N2O2/c23-19-13-7-3-1-5-11(13)15-16-12-6-2-4-8-14(12)20(24)22-10-9-21(19)17(15)18(16)22/h1-8,15-18H,9-10H2. The van der Waals surface area contributed by atoms with E-state index >= 15 is 0 Å². The van der Waals surface area contributed by atoms with Crippen molar-refractivity contribution in [2.24, 2.45) is 0 Å². The van der Waals surface area contributed by atoms with E-state index in [9.17, 15) is 9.59 Å². The Morgan fingerprint density at radius 3 is 1.54 bits per heavy atom. The third-order valence-electron chi connectivity index (χ3n) is 6.40. The van der Waals surface area contributed by atoms with Crippen LogP contribution in [0.5, 0.6) is 0 Å². The number of nitrogens with zero attached hydrogens (tertiary/aromatic N) is 2. The number of fused-ring (bicyclic) bond motifs is 5. The average molecular weight is 316 g/mol. The minimum atomic E-state index is 0.135. The maximum absolute atomic E-state index is 12.9. The van der Waals surface area contributed by atoms with Crippen molar-refractivity contribution in [3.05, 3.63) is 70.8 Å². The molecule has 4 heteroatoms. The van der Waals surface area contributed by atoms with Gasteiger partial charge < -0.3 is 9.80 Å². The van der Waals surface area contributed by atoms with Crippen molar-refractivity contribution >= 4 is 11.8 Å². The van der Waals surface area contributed by atoms with Crippen LogP contribution in [0.1, 0.15) is 43.7 Å². The molecule has 24 heavy (non-hydrogen) atoms. The quantitative estimate of drug-likeness (QED) is 0.748. The molecule has 3 aliphatic heterocycles. The molecule has 4 atom stereocenters. The zero-order valence-electron chi connectivity index (χ0n) is 13.1. The molecule has 1 saturated heterocycles. The summed E-state index contributed by atoms with van der Waals surface area (Å²) < 4.78 is 0. The van der Waals surface area contributed by atoms with Crippen LogP contribution in [0.2, 0.25) is 0 Å². The lowest BCUT2D eigenvalue weighted by Crippen LogP contribution is -2.76. The minimum absolute atomic E-state index is 0.135. The predicted octanol–water partition coefficient (Wildman–Crippen LogP) is 2.23. The van der Waals surface area contributed by atoms with Gasteiger partial charge in [-0.05, 0) is 23.3 Å². The highest BCUT2D eigenvalue weighted by Gasteiger charge is 2.64. The monoisotopic (exact) mass is 316 g/mol. The summed E-state index contributed by atoms with van der Waals surface area (Å²) in [6, 6.07) is 16.3. The first-order chi connectivity index (χ1) is 11.8. The van der Waals surface area contributed by atoms with E-state index in [1.807, 2.05) is 46.2 Å². The summed E-state index contributed by atoms with van der Waals surface area (Å²) in [5, 5.41) is 0. The van der Waals surface area contributed by atoms with Crippen molar-refractivity contribution in [3.63, 3.8) is 0 Å². The Bertz CT molecular complexity index is 846. The lowest BCUT2D eigenvalue weighted by atomic mass is 9.53. The molecule has 4 aliphatic rings. The molecule has 3 heterocycles. The van der Waals surface area contributed by atoms with Crippen molar-refractivity contribution in [3.8, 4) is 0 Å². The van der Waals surface area contributed by atoms with Crippen molar-refractivity contribution in [2.75, 3.05) is 13.1 Å². The molecule has 1 saturated carbocycles. The van der Waals surface area contributed by atoms with Gasteiger partial charge in [-0.1, -0.05) is 36.4 Å². The molecular weight excluding hydrogens is 300 g/mol. The second-order valence-electron chi connectivity index (χ2n) is 7.20. The fraction of sp³-hybridized carbons (Fsp3) is 0.300. The molecule has 6 rings (SSSR count). The highest BCUT2D eigenvalue weighted by Crippen LogP contribution is 2.60. The van der Waals surface area contributed by atoms with Gasteiger partial charge in [0.05, 0.1) is 12.1 Å². The Labute approximate surface area is 139 Å². The summed E-state index contributed by atoms with van der Waals surface area (Å²) in [4.78, 5) is 29.8. The van der Waals surface area contributed by atoms with Crippen LogP contribution in [0.25, 0.3) is 0 Å². The zero-order valence-corrected chi connectivity index (χ0v) is 13.1. The van der Waals surface area contributed by atoms with Crippen LogP contribution in [0.3, 0.4) is 0 Å². The van der Waals surface area contributed by atoms with Gasteiger partial charge in [-0.2, -0.15) is 0 Å². The van der Waals surface area contributed by atoms with E-state index in [-0.39, 0.29) is 23.9 Å². The van der Waals surface area contributed by atoms with Crippen LogP contribution in [0, 0.1) is 0 Å². The Balaban J connectivity index is 1.62. The van der Waals surface area contributed by atoms with E-state index in [0.29, 0.717) is 24.9 Å². The van der Waals surface area contributed by atoms with E-state index in [0.717, 1.165) is 22.3 Å². The predicted molar refractivity (Wildman–Crippen MR) is 88.0 cm³/mol. The van der Waals surface area contributed by atoms with Crippen molar-refractivity contribution in [1.82, 2.24) is 9.80 Å². The van der Waals surface area contributed by atoms with Crippen LogP contribution < -0.4 is 0 Å². The molecule has 4 nitrogen and oxygen atoms in total. The third-order valence-corrected chi connectivity index (χ3v) is 6.40. The van der Waals surface area contributed by atoms with Gasteiger partial charge in [0.1, 0.15) is 0 Å². The number of amides is 2. The lowest BCUT2D eigenvalue weighted by Gasteiger charge is -2.66. The van der Waals surface area contributed by atoms with Crippen molar-refractivity contribution in [2.45, 2.75) is 23.9 Å². The number of benzene rings is 2. The third kappa shape index (κ3) is 1.25. The molecule has 0 aromatic heterocycles. The van der Waals surface area contributed by atoms with E-state index in [1.165, 1.54) is 0 Å². The fourth-order valence-corrected chi connectivity index (χ4v) is 5.48. The number of piperazine rings is 1. The van der Waals surface area contributed by atoms with Gasteiger partial charge in [-0.15, -0.1) is 0 Å². The average Bonchev–Trinajstić information content (AvgIpc) is 2.61. The smallest absolute Gasteiger partial charge is 0.254 e. The molecule has 2 amide bonds. The van der Waals surface area contributed by atoms with Gasteiger partial charge in [0.15, 0.2) is 0 Å². The first kappa shape index (κ1) is 12.8. The number of carbonyl (C=O) groups is 2. The van der Waals surface area contributed by atoms with Crippen molar-refractivity contribution < 1.29 is 9.59 Å². The molecule has 4 unspecified atom stereocenters. The van der Waals surface area contributed by atoms with E-state index in [2.05, 4.69) is 12.1 Å². The molecule has 0 bridgehead atoms. The fourth-order valence-electron chi connectivity index (χ4n) is 5.48. The second-order valence-corrected chi connectivity index (χ2v) is 7.20. The van der Waals surface area contributed by atoms with Crippen molar-refractivity contribution in [1.29, 1.82) is 0 Å². The summed E-state index contributed by atoms with van der Waals surface area (Å²) in [5.41, 5.74) is 4.02. The largest absolute Gasteiger partial charge is 0.331 e. The van der Waals surface area contributed by atoms with Crippen LogP contribution in [0.4, 0.5) is 0 Å². The minimum Gasteiger partial charge on any atom is -0.331 e. The molecule has 1 aliphatic carbocycles. The highest BCUT2D eigenvalue weighted by atomic mass is 16.2. The number of carbonyl (C=O) groups excluding carboxylic acids is 2. The maximum atomic E-state index is 12.9. The van der Waals surface area contributed by atoms with Gasteiger partial charge in [0.2, 0.25) is 0 Å². The Kier molecular flexibility index (Phi) is 2.16. The summed E-state index contributed by atoms with van der Waals surface area (Å²) in [5.74, 6) is 0.884. The van der Waals surface area contributed by atoms with E-state index < -0.39 is 0 Å². The summed E-state index contributed by atoms with van der Waals surface area (Å²) in [6.45, 7) is 1.29. The van der Waals surface area contributed by atoms with Gasteiger partial charge in [0, 0.05) is 36.1 Å². The first-order valence-corrected chi connectivity index (χ1v) is 8.57. The SMILES string of the molecule is O=C1c2ccccc2C2C3c4ccccc4C(=O)N4CCN1C2C34. The van der Waals surface area contributed by atoms with Gasteiger partial charge in [-0.3, -0.25) is 9.59 Å². The zero-order chi connectivity index (χ0) is 16.0. The maximum Gasteiger partial charge on any atom is 0.254 e. The molecule has 0 spiro atoms. The van der Waals surface area contributed by atoms with E-state index in [1.54, 1.807) is 0 Å². The topological polar surface area (TPSA) is 40.6 Å². The van der Waals surface area contributed by atoms with Crippen LogP contribution >= 0.6 is 0 Å². The normalized spacial score (nSPS) is 31.8. The number of rotatable bonds is 0. The highest BCUT2D eigenvalue weighted by molar-refractivity contribution is 6.01.